The Morgan fingerprint density at radius 1 is 1.41 bits per heavy atom. The summed E-state index contributed by atoms with van der Waals surface area (Å²) in [6, 6.07) is 5.67. The molecule has 0 aliphatic rings. The highest BCUT2D eigenvalue weighted by atomic mass is 35.5. The van der Waals surface area contributed by atoms with Crippen LogP contribution in [-0.4, -0.2) is 30.5 Å². The first kappa shape index (κ1) is 14.3. The summed E-state index contributed by atoms with van der Waals surface area (Å²) in [5, 5.41) is 13.6. The minimum atomic E-state index is -0.518. The molecule has 17 heavy (non-hydrogen) atoms. The molecular weight excluding hydrogens is 238 g/mol. The Hall–Kier alpha value is -0.770. The van der Waals surface area contributed by atoms with Gasteiger partial charge in [0.2, 0.25) is 0 Å². The zero-order chi connectivity index (χ0) is 12.8. The van der Waals surface area contributed by atoms with Gasteiger partial charge in [-0.1, -0.05) is 17.7 Å². The second-order valence-corrected chi connectivity index (χ2v) is 4.74. The lowest BCUT2D eigenvalue weighted by atomic mass is 10.2. The lowest BCUT2D eigenvalue weighted by molar-refractivity contribution is 0.0112. The number of hydrogen-bond donors (Lipinski definition) is 2. The molecule has 4 heteroatoms. The second-order valence-electron chi connectivity index (χ2n) is 4.33. The summed E-state index contributed by atoms with van der Waals surface area (Å²) in [6.07, 6.45) is -0.381. The number of rotatable bonds is 6. The van der Waals surface area contributed by atoms with Crippen molar-refractivity contribution in [2.24, 2.45) is 0 Å². The lowest BCUT2D eigenvalue weighted by Crippen LogP contribution is -2.26. The molecule has 0 saturated carbocycles. The Morgan fingerprint density at radius 2 is 2.12 bits per heavy atom. The topological polar surface area (TPSA) is 41.5 Å². The number of halogens is 1. The van der Waals surface area contributed by atoms with Crippen LogP contribution in [0.3, 0.4) is 0 Å². The van der Waals surface area contributed by atoms with E-state index < -0.39 is 6.10 Å². The Morgan fingerprint density at radius 3 is 2.76 bits per heavy atom. The van der Waals surface area contributed by atoms with Gasteiger partial charge in [-0.2, -0.15) is 0 Å². The van der Waals surface area contributed by atoms with Crippen LogP contribution in [0.1, 0.15) is 19.4 Å². The Labute approximate surface area is 108 Å². The molecule has 0 amide bonds. The molecule has 1 aromatic carbocycles. The van der Waals surface area contributed by atoms with Gasteiger partial charge in [0.25, 0.3) is 0 Å². The molecule has 0 aliphatic carbocycles. The van der Waals surface area contributed by atoms with Gasteiger partial charge in [0.15, 0.2) is 0 Å². The van der Waals surface area contributed by atoms with Crippen LogP contribution in [-0.2, 0) is 4.74 Å². The number of aliphatic hydroxyl groups is 1. The standard InChI is InChI=1S/C13H20ClNO2/c1-9(2)17-8-11(16)7-15-13-6-4-5-12(14)10(13)3/h4-6,9,11,15-16H,7-8H2,1-3H3. The van der Waals surface area contributed by atoms with Gasteiger partial charge < -0.3 is 15.2 Å². The summed E-state index contributed by atoms with van der Waals surface area (Å²) < 4.78 is 5.33. The summed E-state index contributed by atoms with van der Waals surface area (Å²) in [5.74, 6) is 0. The van der Waals surface area contributed by atoms with Gasteiger partial charge in [-0.05, 0) is 38.5 Å². The molecule has 0 bridgehead atoms. The lowest BCUT2D eigenvalue weighted by Gasteiger charge is -2.16. The fraction of sp³-hybridized carbons (Fsp3) is 0.538. The van der Waals surface area contributed by atoms with Crippen molar-refractivity contribution in [3.8, 4) is 0 Å². The minimum absolute atomic E-state index is 0.137. The fourth-order valence-electron chi connectivity index (χ4n) is 1.39. The fourth-order valence-corrected chi connectivity index (χ4v) is 1.56. The van der Waals surface area contributed by atoms with Crippen LogP contribution in [0.5, 0.6) is 0 Å². The van der Waals surface area contributed by atoms with Gasteiger partial charge in [-0.3, -0.25) is 0 Å². The highest BCUT2D eigenvalue weighted by Gasteiger charge is 2.07. The van der Waals surface area contributed by atoms with Crippen molar-refractivity contribution in [2.45, 2.75) is 33.0 Å². The van der Waals surface area contributed by atoms with E-state index >= 15 is 0 Å². The Bertz CT molecular complexity index is 355. The number of anilines is 1. The Kier molecular flexibility index (Phi) is 5.75. The number of ether oxygens (including phenoxy) is 1. The molecule has 0 saturated heterocycles. The number of nitrogens with one attached hydrogen (secondary N) is 1. The molecule has 0 radical (unpaired) electrons. The minimum Gasteiger partial charge on any atom is -0.389 e. The molecule has 1 aromatic rings. The number of benzene rings is 1. The summed E-state index contributed by atoms with van der Waals surface area (Å²) in [5.41, 5.74) is 1.94. The highest BCUT2D eigenvalue weighted by molar-refractivity contribution is 6.31. The summed E-state index contributed by atoms with van der Waals surface area (Å²) in [4.78, 5) is 0. The zero-order valence-electron chi connectivity index (χ0n) is 10.5. The molecule has 1 unspecified atom stereocenters. The van der Waals surface area contributed by atoms with Crippen LogP contribution in [0.15, 0.2) is 18.2 Å². The predicted octanol–water partition coefficient (Wildman–Crippen LogP) is 2.85. The second kappa shape index (κ2) is 6.84. The van der Waals surface area contributed by atoms with E-state index in [1.807, 2.05) is 39.0 Å². The van der Waals surface area contributed by atoms with Crippen LogP contribution in [0, 0.1) is 6.92 Å². The molecule has 0 spiro atoms. The molecule has 0 fully saturated rings. The summed E-state index contributed by atoms with van der Waals surface area (Å²) in [7, 11) is 0. The average Bonchev–Trinajstić information content (AvgIpc) is 2.28. The van der Waals surface area contributed by atoms with Crippen molar-refractivity contribution >= 4 is 17.3 Å². The molecule has 1 atom stereocenters. The third-order valence-electron chi connectivity index (χ3n) is 2.42. The van der Waals surface area contributed by atoms with Gasteiger partial charge in [0.1, 0.15) is 0 Å². The quantitative estimate of drug-likeness (QED) is 0.824. The van der Waals surface area contributed by atoms with Crippen molar-refractivity contribution < 1.29 is 9.84 Å². The van der Waals surface area contributed by atoms with Crippen molar-refractivity contribution in [1.29, 1.82) is 0 Å². The van der Waals surface area contributed by atoms with Crippen LogP contribution in [0.4, 0.5) is 5.69 Å². The predicted molar refractivity (Wildman–Crippen MR) is 71.8 cm³/mol. The van der Waals surface area contributed by atoms with E-state index in [0.29, 0.717) is 13.2 Å². The van der Waals surface area contributed by atoms with Gasteiger partial charge in [0.05, 0.1) is 18.8 Å². The van der Waals surface area contributed by atoms with Gasteiger partial charge in [-0.15, -0.1) is 0 Å². The average molecular weight is 258 g/mol. The van der Waals surface area contributed by atoms with Crippen molar-refractivity contribution in [1.82, 2.24) is 0 Å². The first-order valence-corrected chi connectivity index (χ1v) is 6.17. The van der Waals surface area contributed by atoms with Crippen LogP contribution in [0.2, 0.25) is 5.02 Å². The first-order valence-electron chi connectivity index (χ1n) is 5.79. The van der Waals surface area contributed by atoms with Crippen LogP contribution >= 0.6 is 11.6 Å². The summed E-state index contributed by atoms with van der Waals surface area (Å²) >= 11 is 6.00. The van der Waals surface area contributed by atoms with Crippen LogP contribution in [0.25, 0.3) is 0 Å². The van der Waals surface area contributed by atoms with Gasteiger partial charge in [-0.25, -0.2) is 0 Å². The van der Waals surface area contributed by atoms with Gasteiger partial charge in [0, 0.05) is 17.3 Å². The molecule has 0 aliphatic heterocycles. The Balaban J connectivity index is 2.42. The largest absolute Gasteiger partial charge is 0.389 e. The van der Waals surface area contributed by atoms with Crippen LogP contribution < -0.4 is 5.32 Å². The van der Waals surface area contributed by atoms with E-state index in [1.54, 1.807) is 0 Å². The molecule has 1 rings (SSSR count). The number of aliphatic hydroxyl groups excluding tert-OH is 1. The summed E-state index contributed by atoms with van der Waals surface area (Å²) in [6.45, 7) is 6.63. The molecule has 2 N–H and O–H groups in total. The van der Waals surface area contributed by atoms with E-state index in [1.165, 1.54) is 0 Å². The van der Waals surface area contributed by atoms with E-state index in [9.17, 15) is 5.11 Å². The molecular formula is C13H20ClNO2. The normalized spacial score (nSPS) is 12.8. The maximum atomic E-state index is 9.70. The van der Waals surface area contributed by atoms with Crippen molar-refractivity contribution in [2.75, 3.05) is 18.5 Å². The smallest absolute Gasteiger partial charge is 0.0945 e. The first-order chi connectivity index (χ1) is 8.00. The van der Waals surface area contributed by atoms with Crippen molar-refractivity contribution in [3.63, 3.8) is 0 Å². The van der Waals surface area contributed by atoms with E-state index in [-0.39, 0.29) is 6.10 Å². The monoisotopic (exact) mass is 257 g/mol. The molecule has 3 nitrogen and oxygen atoms in total. The molecule has 0 aromatic heterocycles. The van der Waals surface area contributed by atoms with E-state index in [0.717, 1.165) is 16.3 Å². The maximum absolute atomic E-state index is 9.70. The maximum Gasteiger partial charge on any atom is 0.0945 e. The van der Waals surface area contributed by atoms with E-state index in [4.69, 9.17) is 16.3 Å². The van der Waals surface area contributed by atoms with Gasteiger partial charge >= 0.3 is 0 Å². The molecule has 0 heterocycles. The highest BCUT2D eigenvalue weighted by Crippen LogP contribution is 2.22. The SMILES string of the molecule is Cc1c(Cl)cccc1NCC(O)COC(C)C. The zero-order valence-corrected chi connectivity index (χ0v) is 11.3. The third-order valence-corrected chi connectivity index (χ3v) is 2.83. The molecule has 96 valence electrons. The number of hydrogen-bond acceptors (Lipinski definition) is 3. The van der Waals surface area contributed by atoms with E-state index in [2.05, 4.69) is 5.32 Å². The third kappa shape index (κ3) is 4.94. The van der Waals surface area contributed by atoms with Crippen molar-refractivity contribution in [3.05, 3.63) is 28.8 Å².